The highest BCUT2D eigenvalue weighted by atomic mass is 35.5. The van der Waals surface area contributed by atoms with Crippen molar-refractivity contribution in [2.75, 3.05) is 26.2 Å². The second-order valence-corrected chi connectivity index (χ2v) is 5.72. The van der Waals surface area contributed by atoms with Crippen LogP contribution in [-0.2, 0) is 4.79 Å². The van der Waals surface area contributed by atoms with Crippen LogP contribution in [0.1, 0.15) is 31.2 Å². The lowest BCUT2D eigenvalue weighted by atomic mass is 9.89. The molecular formula is C16H23ClN2O2. The SMILES string of the molecule is C[C@@H]1CNCCN1C(=O)CC1CCOc2ccccc21.Cl. The third kappa shape index (κ3) is 3.50. The summed E-state index contributed by atoms with van der Waals surface area (Å²) in [5.41, 5.74) is 1.19. The van der Waals surface area contributed by atoms with Gasteiger partial charge in [-0.25, -0.2) is 0 Å². The van der Waals surface area contributed by atoms with Gasteiger partial charge in [0.2, 0.25) is 5.91 Å². The van der Waals surface area contributed by atoms with E-state index in [-0.39, 0.29) is 18.3 Å². The number of fused-ring (bicyclic) bond motifs is 1. The molecule has 0 aliphatic carbocycles. The number of rotatable bonds is 2. The van der Waals surface area contributed by atoms with Gasteiger partial charge in [0, 0.05) is 32.1 Å². The first-order chi connectivity index (χ1) is 9.75. The van der Waals surface area contributed by atoms with Crippen molar-refractivity contribution in [3.8, 4) is 5.75 Å². The van der Waals surface area contributed by atoms with Gasteiger partial charge in [0.25, 0.3) is 0 Å². The maximum Gasteiger partial charge on any atom is 0.223 e. The summed E-state index contributed by atoms with van der Waals surface area (Å²) in [6.45, 7) is 5.45. The molecule has 0 radical (unpaired) electrons. The maximum atomic E-state index is 12.5. The minimum atomic E-state index is 0. The normalized spacial score (nSPS) is 24.5. The molecule has 1 saturated heterocycles. The Hall–Kier alpha value is -1.26. The van der Waals surface area contributed by atoms with Crippen molar-refractivity contribution in [3.63, 3.8) is 0 Å². The Labute approximate surface area is 132 Å². The molecule has 0 saturated carbocycles. The van der Waals surface area contributed by atoms with E-state index in [4.69, 9.17) is 4.74 Å². The largest absolute Gasteiger partial charge is 0.493 e. The van der Waals surface area contributed by atoms with Crippen LogP contribution in [0.15, 0.2) is 24.3 Å². The molecule has 2 aliphatic rings. The van der Waals surface area contributed by atoms with E-state index >= 15 is 0 Å². The lowest BCUT2D eigenvalue weighted by Crippen LogP contribution is -2.52. The number of hydrogen-bond acceptors (Lipinski definition) is 3. The summed E-state index contributed by atoms with van der Waals surface area (Å²) < 4.78 is 5.67. The smallest absolute Gasteiger partial charge is 0.223 e. The van der Waals surface area contributed by atoms with Crippen LogP contribution >= 0.6 is 12.4 Å². The first-order valence-corrected chi connectivity index (χ1v) is 7.47. The first kappa shape index (κ1) is 16.1. The van der Waals surface area contributed by atoms with Crippen molar-refractivity contribution < 1.29 is 9.53 Å². The second-order valence-electron chi connectivity index (χ2n) is 5.72. The standard InChI is InChI=1S/C16H22N2O2.ClH/c1-12-11-17-7-8-18(12)16(19)10-13-6-9-20-15-5-3-2-4-14(13)15;/h2-5,12-13,17H,6-11H2,1H3;1H/t12-,13?;/m1./s1. The summed E-state index contributed by atoms with van der Waals surface area (Å²) in [4.78, 5) is 14.6. The zero-order chi connectivity index (χ0) is 13.9. The van der Waals surface area contributed by atoms with Crippen LogP contribution in [0.3, 0.4) is 0 Å². The van der Waals surface area contributed by atoms with Gasteiger partial charge in [0.15, 0.2) is 0 Å². The predicted molar refractivity (Wildman–Crippen MR) is 85.2 cm³/mol. The van der Waals surface area contributed by atoms with Crippen LogP contribution in [0.25, 0.3) is 0 Å². The zero-order valence-corrected chi connectivity index (χ0v) is 13.2. The van der Waals surface area contributed by atoms with E-state index in [1.807, 2.05) is 23.1 Å². The minimum absolute atomic E-state index is 0. The average molecular weight is 311 g/mol. The number of carbonyl (C=O) groups excluding carboxylic acids is 1. The number of hydrogen-bond donors (Lipinski definition) is 1. The number of halogens is 1. The number of amides is 1. The van der Waals surface area contributed by atoms with Gasteiger partial charge in [-0.05, 0) is 30.9 Å². The highest BCUT2D eigenvalue weighted by Crippen LogP contribution is 2.35. The Morgan fingerprint density at radius 3 is 3.05 bits per heavy atom. The number of carbonyl (C=O) groups is 1. The number of nitrogens with zero attached hydrogens (tertiary/aromatic N) is 1. The highest BCUT2D eigenvalue weighted by Gasteiger charge is 2.28. The molecular weight excluding hydrogens is 288 g/mol. The van der Waals surface area contributed by atoms with Gasteiger partial charge in [0.1, 0.15) is 5.75 Å². The minimum Gasteiger partial charge on any atom is -0.493 e. The van der Waals surface area contributed by atoms with E-state index in [2.05, 4.69) is 18.3 Å². The van der Waals surface area contributed by atoms with Crippen LogP contribution in [0, 0.1) is 0 Å². The Morgan fingerprint density at radius 1 is 1.43 bits per heavy atom. The zero-order valence-electron chi connectivity index (χ0n) is 12.4. The van der Waals surface area contributed by atoms with E-state index in [1.165, 1.54) is 5.56 Å². The van der Waals surface area contributed by atoms with Crippen molar-refractivity contribution in [3.05, 3.63) is 29.8 Å². The molecule has 1 N–H and O–H groups in total. The van der Waals surface area contributed by atoms with Crippen LogP contribution in [0.2, 0.25) is 0 Å². The molecule has 2 atom stereocenters. The van der Waals surface area contributed by atoms with Gasteiger partial charge in [-0.1, -0.05) is 18.2 Å². The van der Waals surface area contributed by atoms with Crippen molar-refractivity contribution >= 4 is 18.3 Å². The van der Waals surface area contributed by atoms with Crippen LogP contribution < -0.4 is 10.1 Å². The number of nitrogens with one attached hydrogen (secondary N) is 1. The van der Waals surface area contributed by atoms with Crippen LogP contribution in [-0.4, -0.2) is 43.1 Å². The fraction of sp³-hybridized carbons (Fsp3) is 0.562. The summed E-state index contributed by atoms with van der Waals surface area (Å²) in [6, 6.07) is 8.40. The third-order valence-corrected chi connectivity index (χ3v) is 4.33. The van der Waals surface area contributed by atoms with E-state index in [0.717, 1.165) is 31.8 Å². The molecule has 0 bridgehead atoms. The van der Waals surface area contributed by atoms with Crippen LogP contribution in [0.5, 0.6) is 5.75 Å². The van der Waals surface area contributed by atoms with E-state index in [9.17, 15) is 4.79 Å². The molecule has 116 valence electrons. The van der Waals surface area contributed by atoms with Crippen molar-refractivity contribution in [1.82, 2.24) is 10.2 Å². The molecule has 3 rings (SSSR count). The predicted octanol–water partition coefficient (Wildman–Crippen LogP) is 2.18. The van der Waals surface area contributed by atoms with Gasteiger partial charge in [0.05, 0.1) is 6.61 Å². The van der Waals surface area contributed by atoms with E-state index < -0.39 is 0 Å². The van der Waals surface area contributed by atoms with E-state index in [0.29, 0.717) is 25.0 Å². The number of ether oxygens (including phenoxy) is 1. The number of benzene rings is 1. The second kappa shape index (κ2) is 7.14. The van der Waals surface area contributed by atoms with Crippen molar-refractivity contribution in [2.45, 2.75) is 31.7 Å². The molecule has 1 amide bonds. The van der Waals surface area contributed by atoms with Gasteiger partial charge in [-0.2, -0.15) is 0 Å². The van der Waals surface area contributed by atoms with Gasteiger partial charge < -0.3 is 15.0 Å². The first-order valence-electron chi connectivity index (χ1n) is 7.47. The number of para-hydroxylation sites is 1. The Bertz CT molecular complexity index is 495. The Kier molecular flexibility index (Phi) is 5.48. The van der Waals surface area contributed by atoms with Gasteiger partial charge in [-0.15, -0.1) is 12.4 Å². The molecule has 21 heavy (non-hydrogen) atoms. The Balaban J connectivity index is 0.00000161. The van der Waals surface area contributed by atoms with Crippen molar-refractivity contribution in [1.29, 1.82) is 0 Å². The maximum absolute atomic E-state index is 12.5. The van der Waals surface area contributed by atoms with Gasteiger partial charge in [-0.3, -0.25) is 4.79 Å². The molecule has 1 fully saturated rings. The molecule has 1 unspecified atom stereocenters. The monoisotopic (exact) mass is 310 g/mol. The number of piperazine rings is 1. The third-order valence-electron chi connectivity index (χ3n) is 4.33. The fourth-order valence-electron chi connectivity index (χ4n) is 3.17. The molecule has 2 heterocycles. The summed E-state index contributed by atoms with van der Waals surface area (Å²) in [6.07, 6.45) is 1.54. The molecule has 1 aromatic carbocycles. The summed E-state index contributed by atoms with van der Waals surface area (Å²) >= 11 is 0. The molecule has 4 nitrogen and oxygen atoms in total. The molecule has 1 aromatic rings. The summed E-state index contributed by atoms with van der Waals surface area (Å²) in [5.74, 6) is 1.53. The Morgan fingerprint density at radius 2 is 2.24 bits per heavy atom. The van der Waals surface area contributed by atoms with Crippen molar-refractivity contribution in [2.24, 2.45) is 0 Å². The fourth-order valence-corrected chi connectivity index (χ4v) is 3.17. The lowest BCUT2D eigenvalue weighted by molar-refractivity contribution is -0.134. The molecule has 2 aliphatic heterocycles. The quantitative estimate of drug-likeness (QED) is 0.910. The molecule has 5 heteroatoms. The topological polar surface area (TPSA) is 41.6 Å². The van der Waals surface area contributed by atoms with Gasteiger partial charge >= 0.3 is 0 Å². The average Bonchev–Trinajstić information content (AvgIpc) is 2.48. The van der Waals surface area contributed by atoms with E-state index in [1.54, 1.807) is 0 Å². The molecule has 0 spiro atoms. The summed E-state index contributed by atoms with van der Waals surface area (Å²) in [5, 5.41) is 3.32. The highest BCUT2D eigenvalue weighted by molar-refractivity contribution is 5.85. The van der Waals surface area contributed by atoms with Crippen LogP contribution in [0.4, 0.5) is 0 Å². The molecule has 0 aromatic heterocycles. The summed E-state index contributed by atoms with van der Waals surface area (Å²) in [7, 11) is 0. The lowest BCUT2D eigenvalue weighted by Gasteiger charge is -2.35.